The van der Waals surface area contributed by atoms with Gasteiger partial charge in [-0.1, -0.05) is 5.16 Å². The number of nitrogens with zero attached hydrogens (tertiary/aromatic N) is 2. The molecule has 5 heteroatoms. The molecular formula is C11H15N3O2. The molecule has 1 N–H and O–H groups in total. The van der Waals surface area contributed by atoms with Gasteiger partial charge < -0.3 is 14.3 Å². The van der Waals surface area contributed by atoms with Gasteiger partial charge in [0.15, 0.2) is 5.82 Å². The van der Waals surface area contributed by atoms with Crippen LogP contribution in [0.25, 0.3) is 0 Å². The summed E-state index contributed by atoms with van der Waals surface area (Å²) in [5.74, 6) is 2.60. The Balaban J connectivity index is 1.78. The fourth-order valence-corrected chi connectivity index (χ4v) is 1.49. The Kier molecular flexibility index (Phi) is 3.36. The van der Waals surface area contributed by atoms with Crippen molar-refractivity contribution in [2.75, 3.05) is 6.54 Å². The first-order valence-corrected chi connectivity index (χ1v) is 5.30. The van der Waals surface area contributed by atoms with E-state index in [0.29, 0.717) is 0 Å². The number of nitrogens with one attached hydrogen (secondary N) is 1. The van der Waals surface area contributed by atoms with Crippen LogP contribution in [0.3, 0.4) is 0 Å². The van der Waals surface area contributed by atoms with Crippen molar-refractivity contribution in [3.8, 4) is 0 Å². The number of hydrogen-bond donors (Lipinski definition) is 1. The van der Waals surface area contributed by atoms with E-state index in [1.165, 1.54) is 6.39 Å². The third-order valence-corrected chi connectivity index (χ3v) is 2.39. The standard InChI is InChI=1S/C11H15N3O2/c1-8-3-4-10(16-8)9(2)12-6-5-11-13-7-15-14-11/h3-4,7,9,12H,5-6H2,1-2H3. The van der Waals surface area contributed by atoms with E-state index in [-0.39, 0.29) is 6.04 Å². The van der Waals surface area contributed by atoms with Crippen molar-refractivity contribution < 1.29 is 8.94 Å². The van der Waals surface area contributed by atoms with Crippen molar-refractivity contribution in [1.82, 2.24) is 15.5 Å². The Labute approximate surface area is 93.8 Å². The minimum absolute atomic E-state index is 0.195. The predicted molar refractivity (Wildman–Crippen MR) is 57.9 cm³/mol. The van der Waals surface area contributed by atoms with Gasteiger partial charge in [0.2, 0.25) is 6.39 Å². The summed E-state index contributed by atoms with van der Waals surface area (Å²) in [6.07, 6.45) is 2.09. The molecule has 0 spiro atoms. The van der Waals surface area contributed by atoms with Crippen LogP contribution in [0.15, 0.2) is 27.5 Å². The van der Waals surface area contributed by atoms with Crippen LogP contribution in [0.5, 0.6) is 0 Å². The van der Waals surface area contributed by atoms with E-state index in [4.69, 9.17) is 4.42 Å². The first-order valence-electron chi connectivity index (χ1n) is 5.30. The van der Waals surface area contributed by atoms with Crippen LogP contribution in [0.2, 0.25) is 0 Å². The maximum Gasteiger partial charge on any atom is 0.213 e. The second-order valence-corrected chi connectivity index (χ2v) is 3.72. The SMILES string of the molecule is Cc1ccc(C(C)NCCc2ncon2)o1. The van der Waals surface area contributed by atoms with E-state index >= 15 is 0 Å². The largest absolute Gasteiger partial charge is 0.465 e. The lowest BCUT2D eigenvalue weighted by atomic mass is 10.2. The Morgan fingerprint density at radius 3 is 2.94 bits per heavy atom. The zero-order chi connectivity index (χ0) is 11.4. The van der Waals surface area contributed by atoms with Crippen LogP contribution in [0.1, 0.15) is 30.3 Å². The van der Waals surface area contributed by atoms with Gasteiger partial charge in [-0.05, 0) is 26.0 Å². The molecular weight excluding hydrogens is 206 g/mol. The van der Waals surface area contributed by atoms with Crippen LogP contribution in [-0.2, 0) is 6.42 Å². The number of aromatic nitrogens is 2. The summed E-state index contributed by atoms with van der Waals surface area (Å²) < 4.78 is 10.2. The Hall–Kier alpha value is -1.62. The molecule has 0 amide bonds. The molecule has 0 saturated carbocycles. The normalized spacial score (nSPS) is 12.9. The minimum atomic E-state index is 0.195. The molecule has 0 aliphatic rings. The summed E-state index contributed by atoms with van der Waals surface area (Å²) in [4.78, 5) is 3.95. The average Bonchev–Trinajstić information content (AvgIpc) is 2.89. The summed E-state index contributed by atoms with van der Waals surface area (Å²) in [6, 6.07) is 4.15. The van der Waals surface area contributed by atoms with E-state index in [0.717, 1.165) is 30.3 Å². The third kappa shape index (κ3) is 2.70. The van der Waals surface area contributed by atoms with E-state index < -0.39 is 0 Å². The van der Waals surface area contributed by atoms with Gasteiger partial charge >= 0.3 is 0 Å². The molecule has 2 aromatic rings. The fourth-order valence-electron chi connectivity index (χ4n) is 1.49. The van der Waals surface area contributed by atoms with Crippen molar-refractivity contribution in [3.05, 3.63) is 35.9 Å². The van der Waals surface area contributed by atoms with Gasteiger partial charge in [0, 0.05) is 13.0 Å². The van der Waals surface area contributed by atoms with E-state index in [1.54, 1.807) is 0 Å². The molecule has 0 bridgehead atoms. The highest BCUT2D eigenvalue weighted by molar-refractivity contribution is 5.08. The van der Waals surface area contributed by atoms with Gasteiger partial charge in [0.05, 0.1) is 6.04 Å². The molecule has 0 aromatic carbocycles. The van der Waals surface area contributed by atoms with Gasteiger partial charge in [0.25, 0.3) is 0 Å². The predicted octanol–water partition coefficient (Wildman–Crippen LogP) is 1.86. The molecule has 1 unspecified atom stereocenters. The van der Waals surface area contributed by atoms with Gasteiger partial charge in [0.1, 0.15) is 11.5 Å². The van der Waals surface area contributed by atoms with Crippen LogP contribution in [0.4, 0.5) is 0 Å². The highest BCUT2D eigenvalue weighted by Gasteiger charge is 2.08. The molecule has 0 saturated heterocycles. The number of hydrogen-bond acceptors (Lipinski definition) is 5. The fraction of sp³-hybridized carbons (Fsp3) is 0.455. The summed E-state index contributed by atoms with van der Waals surface area (Å²) in [6.45, 7) is 4.80. The molecule has 0 aliphatic heterocycles. The molecule has 16 heavy (non-hydrogen) atoms. The number of furan rings is 1. The van der Waals surface area contributed by atoms with Gasteiger partial charge in [-0.15, -0.1) is 0 Å². The van der Waals surface area contributed by atoms with Crippen molar-refractivity contribution >= 4 is 0 Å². The second-order valence-electron chi connectivity index (χ2n) is 3.72. The van der Waals surface area contributed by atoms with Crippen LogP contribution in [-0.4, -0.2) is 16.7 Å². The van der Waals surface area contributed by atoms with Gasteiger partial charge in [-0.3, -0.25) is 0 Å². The average molecular weight is 221 g/mol. The Bertz CT molecular complexity index is 422. The summed E-state index contributed by atoms with van der Waals surface area (Å²) in [5, 5.41) is 7.08. The molecule has 0 fully saturated rings. The smallest absolute Gasteiger partial charge is 0.213 e. The van der Waals surface area contributed by atoms with Crippen molar-refractivity contribution in [1.29, 1.82) is 0 Å². The first-order chi connectivity index (χ1) is 7.75. The lowest BCUT2D eigenvalue weighted by Crippen LogP contribution is -2.21. The maximum absolute atomic E-state index is 5.52. The highest BCUT2D eigenvalue weighted by Crippen LogP contribution is 2.15. The van der Waals surface area contributed by atoms with E-state index in [9.17, 15) is 0 Å². The lowest BCUT2D eigenvalue weighted by Gasteiger charge is -2.09. The molecule has 2 aromatic heterocycles. The van der Waals surface area contributed by atoms with Crippen molar-refractivity contribution in [3.63, 3.8) is 0 Å². The first kappa shape index (κ1) is 10.9. The molecule has 2 heterocycles. The lowest BCUT2D eigenvalue weighted by molar-refractivity contribution is 0.402. The minimum Gasteiger partial charge on any atom is -0.465 e. The Morgan fingerprint density at radius 2 is 2.31 bits per heavy atom. The summed E-state index contributed by atoms with van der Waals surface area (Å²) >= 11 is 0. The zero-order valence-electron chi connectivity index (χ0n) is 9.43. The molecule has 1 atom stereocenters. The molecule has 5 nitrogen and oxygen atoms in total. The number of rotatable bonds is 5. The summed E-state index contributed by atoms with van der Waals surface area (Å²) in [5.41, 5.74) is 0. The monoisotopic (exact) mass is 221 g/mol. The molecule has 2 rings (SSSR count). The molecule has 0 radical (unpaired) electrons. The topological polar surface area (TPSA) is 64.1 Å². The summed E-state index contributed by atoms with van der Waals surface area (Å²) in [7, 11) is 0. The Morgan fingerprint density at radius 1 is 1.44 bits per heavy atom. The van der Waals surface area contributed by atoms with Crippen LogP contribution >= 0.6 is 0 Å². The third-order valence-electron chi connectivity index (χ3n) is 2.39. The molecule has 86 valence electrons. The van der Waals surface area contributed by atoms with E-state index in [1.807, 2.05) is 19.1 Å². The van der Waals surface area contributed by atoms with Gasteiger partial charge in [-0.2, -0.15) is 4.98 Å². The van der Waals surface area contributed by atoms with Crippen molar-refractivity contribution in [2.24, 2.45) is 0 Å². The molecule has 0 aliphatic carbocycles. The quantitative estimate of drug-likeness (QED) is 0.834. The number of aryl methyl sites for hydroxylation is 1. The second kappa shape index (κ2) is 4.94. The van der Waals surface area contributed by atoms with Crippen LogP contribution < -0.4 is 5.32 Å². The van der Waals surface area contributed by atoms with Crippen molar-refractivity contribution in [2.45, 2.75) is 26.3 Å². The van der Waals surface area contributed by atoms with Crippen LogP contribution in [0, 0.1) is 6.92 Å². The van der Waals surface area contributed by atoms with Gasteiger partial charge in [-0.25, -0.2) is 0 Å². The maximum atomic E-state index is 5.52. The zero-order valence-corrected chi connectivity index (χ0v) is 9.43. The van der Waals surface area contributed by atoms with E-state index in [2.05, 4.69) is 26.9 Å². The highest BCUT2D eigenvalue weighted by atomic mass is 16.5.